The minimum Gasteiger partial charge on any atom is -0.453 e. The van der Waals surface area contributed by atoms with Crippen LogP contribution < -0.4 is 10.6 Å². The summed E-state index contributed by atoms with van der Waals surface area (Å²) >= 11 is 1.75. The summed E-state index contributed by atoms with van der Waals surface area (Å²) in [6.07, 6.45) is -0.463. The maximum atomic E-state index is 11.0. The summed E-state index contributed by atoms with van der Waals surface area (Å²) in [4.78, 5) is 12.4. The van der Waals surface area contributed by atoms with E-state index in [9.17, 15) is 4.79 Å². The van der Waals surface area contributed by atoms with Gasteiger partial charge in [0.25, 0.3) is 0 Å². The molecule has 0 atom stereocenters. The Kier molecular flexibility index (Phi) is 4.41. The Bertz CT molecular complexity index is 549. The predicted molar refractivity (Wildman–Crippen MR) is 78.9 cm³/mol. The van der Waals surface area contributed by atoms with E-state index >= 15 is 0 Å². The molecule has 2 aromatic rings. The summed E-state index contributed by atoms with van der Waals surface area (Å²) < 4.78 is 4.53. The number of thiophene rings is 1. The highest BCUT2D eigenvalue weighted by Gasteiger charge is 2.01. The van der Waals surface area contributed by atoms with Gasteiger partial charge in [-0.15, -0.1) is 11.3 Å². The number of amides is 1. The second-order valence-electron chi connectivity index (χ2n) is 4.07. The van der Waals surface area contributed by atoms with Crippen molar-refractivity contribution in [2.45, 2.75) is 13.5 Å². The lowest BCUT2D eigenvalue weighted by molar-refractivity contribution is 0.187. The van der Waals surface area contributed by atoms with Gasteiger partial charge in [-0.1, -0.05) is 0 Å². The summed E-state index contributed by atoms with van der Waals surface area (Å²) in [7, 11) is 1.34. The summed E-state index contributed by atoms with van der Waals surface area (Å²) in [5.41, 5.74) is 3.04. The van der Waals surface area contributed by atoms with Crippen LogP contribution in [0.5, 0.6) is 0 Å². The molecule has 0 aliphatic heterocycles. The van der Waals surface area contributed by atoms with E-state index in [0.29, 0.717) is 5.69 Å². The molecule has 0 aliphatic rings. The summed E-state index contributed by atoms with van der Waals surface area (Å²) in [5.74, 6) is 0. The first-order valence-corrected chi connectivity index (χ1v) is 6.79. The van der Waals surface area contributed by atoms with Crippen molar-refractivity contribution >= 4 is 28.8 Å². The molecule has 19 heavy (non-hydrogen) atoms. The standard InChI is InChI=1S/C14H16N2O2S/c1-10-7-8-19-13(10)9-15-11-3-5-12(6-4-11)16-14(17)18-2/h3-8,15H,9H2,1-2H3,(H,16,17). The van der Waals surface area contributed by atoms with Crippen LogP contribution in [0.3, 0.4) is 0 Å². The van der Waals surface area contributed by atoms with Crippen LogP contribution in [0.4, 0.5) is 16.2 Å². The van der Waals surface area contributed by atoms with Gasteiger partial charge >= 0.3 is 6.09 Å². The van der Waals surface area contributed by atoms with Crippen LogP contribution in [0.1, 0.15) is 10.4 Å². The van der Waals surface area contributed by atoms with Crippen LogP contribution in [0.2, 0.25) is 0 Å². The molecular formula is C14H16N2O2S. The van der Waals surface area contributed by atoms with Gasteiger partial charge in [0, 0.05) is 22.8 Å². The number of rotatable bonds is 4. The first-order chi connectivity index (χ1) is 9.19. The van der Waals surface area contributed by atoms with E-state index in [4.69, 9.17) is 0 Å². The number of nitrogens with one attached hydrogen (secondary N) is 2. The van der Waals surface area contributed by atoms with Crippen LogP contribution in [0.25, 0.3) is 0 Å². The summed E-state index contributed by atoms with van der Waals surface area (Å²) in [6.45, 7) is 2.92. The van der Waals surface area contributed by atoms with E-state index in [0.717, 1.165) is 12.2 Å². The highest BCUT2D eigenvalue weighted by atomic mass is 32.1. The maximum absolute atomic E-state index is 11.0. The summed E-state index contributed by atoms with van der Waals surface area (Å²) in [5, 5.41) is 8.05. The van der Waals surface area contributed by atoms with Crippen LogP contribution in [-0.2, 0) is 11.3 Å². The van der Waals surface area contributed by atoms with Gasteiger partial charge in [-0.3, -0.25) is 5.32 Å². The molecule has 1 aromatic heterocycles. The predicted octanol–water partition coefficient (Wildman–Crippen LogP) is 3.85. The Hall–Kier alpha value is -2.01. The normalized spacial score (nSPS) is 10.0. The topological polar surface area (TPSA) is 50.4 Å². The Morgan fingerprint density at radius 1 is 1.21 bits per heavy atom. The van der Waals surface area contributed by atoms with Gasteiger partial charge in [0.1, 0.15) is 0 Å². The number of ether oxygens (including phenoxy) is 1. The molecule has 0 saturated carbocycles. The quantitative estimate of drug-likeness (QED) is 0.892. The van der Waals surface area contributed by atoms with Crippen molar-refractivity contribution in [2.75, 3.05) is 17.7 Å². The molecule has 0 aliphatic carbocycles. The Morgan fingerprint density at radius 3 is 2.47 bits per heavy atom. The molecule has 1 aromatic carbocycles. The highest BCUT2D eigenvalue weighted by Crippen LogP contribution is 2.19. The number of carbonyl (C=O) groups excluding carboxylic acids is 1. The fourth-order valence-electron chi connectivity index (χ4n) is 1.61. The second kappa shape index (κ2) is 6.24. The lowest BCUT2D eigenvalue weighted by Gasteiger charge is -2.08. The molecule has 1 amide bonds. The number of methoxy groups -OCH3 is 1. The van der Waals surface area contributed by atoms with E-state index in [2.05, 4.69) is 33.7 Å². The second-order valence-corrected chi connectivity index (χ2v) is 5.07. The van der Waals surface area contributed by atoms with Crippen LogP contribution in [-0.4, -0.2) is 13.2 Å². The third-order valence-electron chi connectivity index (χ3n) is 2.74. The van der Waals surface area contributed by atoms with Crippen molar-refractivity contribution in [3.05, 3.63) is 46.2 Å². The minimum absolute atomic E-state index is 0.463. The monoisotopic (exact) mass is 276 g/mol. The van der Waals surface area contributed by atoms with Gasteiger partial charge < -0.3 is 10.1 Å². The van der Waals surface area contributed by atoms with Gasteiger partial charge in [0.2, 0.25) is 0 Å². The van der Waals surface area contributed by atoms with Gasteiger partial charge in [0.15, 0.2) is 0 Å². The first-order valence-electron chi connectivity index (χ1n) is 5.91. The molecule has 2 rings (SSSR count). The van der Waals surface area contributed by atoms with Gasteiger partial charge in [-0.05, 0) is 48.2 Å². The molecule has 100 valence electrons. The van der Waals surface area contributed by atoms with Crippen molar-refractivity contribution in [3.63, 3.8) is 0 Å². The van der Waals surface area contributed by atoms with E-state index in [-0.39, 0.29) is 0 Å². The molecule has 0 radical (unpaired) electrons. The van der Waals surface area contributed by atoms with Crippen molar-refractivity contribution in [1.29, 1.82) is 0 Å². The lowest BCUT2D eigenvalue weighted by Crippen LogP contribution is -2.10. The minimum atomic E-state index is -0.463. The zero-order chi connectivity index (χ0) is 13.7. The molecule has 1 heterocycles. The molecule has 5 heteroatoms. The Morgan fingerprint density at radius 2 is 1.89 bits per heavy atom. The number of benzene rings is 1. The van der Waals surface area contributed by atoms with Crippen molar-refractivity contribution in [1.82, 2.24) is 0 Å². The van der Waals surface area contributed by atoms with E-state index in [1.54, 1.807) is 11.3 Å². The van der Waals surface area contributed by atoms with Gasteiger partial charge in [-0.25, -0.2) is 4.79 Å². The average molecular weight is 276 g/mol. The number of anilines is 2. The van der Waals surface area contributed by atoms with Crippen LogP contribution >= 0.6 is 11.3 Å². The molecular weight excluding hydrogens is 260 g/mol. The zero-order valence-corrected chi connectivity index (χ0v) is 11.7. The average Bonchev–Trinajstić information content (AvgIpc) is 2.83. The number of hydrogen-bond acceptors (Lipinski definition) is 4. The molecule has 4 nitrogen and oxygen atoms in total. The van der Waals surface area contributed by atoms with Crippen LogP contribution in [0.15, 0.2) is 35.7 Å². The smallest absolute Gasteiger partial charge is 0.411 e. The summed E-state index contributed by atoms with van der Waals surface area (Å²) in [6, 6.07) is 9.63. The molecule has 0 unspecified atom stereocenters. The third-order valence-corrected chi connectivity index (χ3v) is 3.76. The zero-order valence-electron chi connectivity index (χ0n) is 10.9. The molecule has 2 N–H and O–H groups in total. The number of hydrogen-bond donors (Lipinski definition) is 2. The third kappa shape index (κ3) is 3.72. The first kappa shape index (κ1) is 13.4. The Balaban J connectivity index is 1.92. The molecule has 0 bridgehead atoms. The van der Waals surface area contributed by atoms with Crippen LogP contribution in [0, 0.1) is 6.92 Å². The van der Waals surface area contributed by atoms with E-state index in [1.807, 2.05) is 24.3 Å². The van der Waals surface area contributed by atoms with Crippen molar-refractivity contribution in [3.8, 4) is 0 Å². The largest absolute Gasteiger partial charge is 0.453 e. The van der Waals surface area contributed by atoms with Crippen molar-refractivity contribution in [2.24, 2.45) is 0 Å². The fourth-order valence-corrected chi connectivity index (χ4v) is 2.45. The fraction of sp³-hybridized carbons (Fsp3) is 0.214. The Labute approximate surface area is 116 Å². The highest BCUT2D eigenvalue weighted by molar-refractivity contribution is 7.10. The number of carbonyl (C=O) groups is 1. The van der Waals surface area contributed by atoms with E-state index < -0.39 is 6.09 Å². The molecule has 0 spiro atoms. The molecule has 0 fully saturated rings. The van der Waals surface area contributed by atoms with Crippen molar-refractivity contribution < 1.29 is 9.53 Å². The van der Waals surface area contributed by atoms with Gasteiger partial charge in [0.05, 0.1) is 7.11 Å². The number of aryl methyl sites for hydroxylation is 1. The molecule has 0 saturated heterocycles. The SMILES string of the molecule is COC(=O)Nc1ccc(NCc2sccc2C)cc1. The van der Waals surface area contributed by atoms with E-state index in [1.165, 1.54) is 17.6 Å². The lowest BCUT2D eigenvalue weighted by atomic mass is 10.2. The van der Waals surface area contributed by atoms with Gasteiger partial charge in [-0.2, -0.15) is 0 Å². The maximum Gasteiger partial charge on any atom is 0.411 e.